The van der Waals surface area contributed by atoms with Gasteiger partial charge in [-0.2, -0.15) is 0 Å². The maximum atomic E-state index is 12.4. The number of rotatable bonds is 0. The number of carbonyl (C=O) groups is 1. The molecule has 1 aromatic carbocycles. The van der Waals surface area contributed by atoms with E-state index >= 15 is 0 Å². The molecule has 1 aliphatic rings. The Hall–Kier alpha value is -1.31. The van der Waals surface area contributed by atoms with E-state index in [1.165, 1.54) is 5.56 Å². The van der Waals surface area contributed by atoms with E-state index in [4.69, 9.17) is 0 Å². The lowest BCUT2D eigenvalue weighted by Crippen LogP contribution is -2.42. The minimum atomic E-state index is -0.314. The summed E-state index contributed by atoms with van der Waals surface area (Å²) in [7, 11) is 0. The van der Waals surface area contributed by atoms with Crippen LogP contribution in [-0.4, -0.2) is 11.9 Å². The summed E-state index contributed by atoms with van der Waals surface area (Å²) < 4.78 is 0. The summed E-state index contributed by atoms with van der Waals surface area (Å²) in [5.74, 6) is 0.213. The van der Waals surface area contributed by atoms with Crippen molar-refractivity contribution in [1.82, 2.24) is 0 Å². The highest BCUT2D eigenvalue weighted by Gasteiger charge is 2.36. The van der Waals surface area contributed by atoms with Gasteiger partial charge in [0.2, 0.25) is 5.91 Å². The van der Waals surface area contributed by atoms with E-state index in [1.54, 1.807) is 0 Å². The van der Waals surface area contributed by atoms with Crippen molar-refractivity contribution in [2.45, 2.75) is 40.2 Å². The molecule has 1 aliphatic heterocycles. The molecule has 0 N–H and O–H groups in total. The van der Waals surface area contributed by atoms with Gasteiger partial charge in [-0.1, -0.05) is 39.0 Å². The average molecular weight is 217 g/mol. The number of hydrogen-bond donors (Lipinski definition) is 0. The molecule has 1 heterocycles. The van der Waals surface area contributed by atoms with Crippen molar-refractivity contribution in [1.29, 1.82) is 0 Å². The molecule has 2 nitrogen and oxygen atoms in total. The third-order valence-corrected chi connectivity index (χ3v) is 3.07. The Morgan fingerprint density at radius 3 is 2.56 bits per heavy atom. The monoisotopic (exact) mass is 217 g/mol. The van der Waals surface area contributed by atoms with Gasteiger partial charge in [-0.25, -0.2) is 0 Å². The second-order valence-electron chi connectivity index (χ2n) is 5.61. The summed E-state index contributed by atoms with van der Waals surface area (Å²) in [6, 6.07) is 8.48. The van der Waals surface area contributed by atoms with Crippen LogP contribution in [0.25, 0.3) is 0 Å². The SMILES string of the molecule is C[C@@H]1Cc2ccccc2N1C(=O)C(C)(C)C. The first-order valence-corrected chi connectivity index (χ1v) is 5.83. The Balaban J connectivity index is 2.40. The zero-order valence-electron chi connectivity index (χ0n) is 10.4. The third kappa shape index (κ3) is 1.73. The van der Waals surface area contributed by atoms with E-state index in [1.807, 2.05) is 43.9 Å². The van der Waals surface area contributed by atoms with Crippen LogP contribution in [-0.2, 0) is 11.2 Å². The molecular formula is C14H19NO. The fraction of sp³-hybridized carbons (Fsp3) is 0.500. The van der Waals surface area contributed by atoms with Crippen LogP contribution in [0, 0.1) is 5.41 Å². The maximum absolute atomic E-state index is 12.4. The molecule has 0 aliphatic carbocycles. The highest BCUT2D eigenvalue weighted by Crippen LogP contribution is 2.34. The zero-order valence-corrected chi connectivity index (χ0v) is 10.4. The van der Waals surface area contributed by atoms with Gasteiger partial charge in [0.25, 0.3) is 0 Å². The highest BCUT2D eigenvalue weighted by molar-refractivity contribution is 5.99. The number of amides is 1. The van der Waals surface area contributed by atoms with Crippen LogP contribution in [0.5, 0.6) is 0 Å². The number of benzene rings is 1. The number of nitrogens with zero attached hydrogens (tertiary/aromatic N) is 1. The highest BCUT2D eigenvalue weighted by atomic mass is 16.2. The lowest BCUT2D eigenvalue weighted by atomic mass is 9.94. The van der Waals surface area contributed by atoms with E-state index < -0.39 is 0 Å². The topological polar surface area (TPSA) is 20.3 Å². The summed E-state index contributed by atoms with van der Waals surface area (Å²) >= 11 is 0. The van der Waals surface area contributed by atoms with Gasteiger partial charge < -0.3 is 4.90 Å². The molecule has 2 heteroatoms. The Kier molecular flexibility index (Phi) is 2.53. The van der Waals surface area contributed by atoms with Gasteiger partial charge in [-0.05, 0) is 25.0 Å². The van der Waals surface area contributed by atoms with Crippen LogP contribution in [0.1, 0.15) is 33.3 Å². The molecule has 86 valence electrons. The fourth-order valence-electron chi connectivity index (χ4n) is 2.24. The van der Waals surface area contributed by atoms with Crippen molar-refractivity contribution in [3.05, 3.63) is 29.8 Å². The first kappa shape index (κ1) is 11.2. The van der Waals surface area contributed by atoms with E-state index in [-0.39, 0.29) is 17.4 Å². The molecule has 1 aromatic rings. The van der Waals surface area contributed by atoms with Crippen LogP contribution in [0.2, 0.25) is 0 Å². The molecule has 0 spiro atoms. The van der Waals surface area contributed by atoms with Crippen LogP contribution in [0.4, 0.5) is 5.69 Å². The van der Waals surface area contributed by atoms with Gasteiger partial charge >= 0.3 is 0 Å². The molecule has 0 fully saturated rings. The maximum Gasteiger partial charge on any atom is 0.232 e. The Bertz CT molecular complexity index is 417. The zero-order chi connectivity index (χ0) is 11.9. The third-order valence-electron chi connectivity index (χ3n) is 3.07. The summed E-state index contributed by atoms with van der Waals surface area (Å²) in [6.45, 7) is 8.04. The van der Waals surface area contributed by atoms with Gasteiger partial charge in [0.05, 0.1) is 0 Å². The quantitative estimate of drug-likeness (QED) is 0.654. The number of para-hydroxylation sites is 1. The molecule has 0 saturated carbocycles. The number of fused-ring (bicyclic) bond motifs is 1. The number of hydrogen-bond acceptors (Lipinski definition) is 1. The molecule has 0 unspecified atom stereocenters. The van der Waals surface area contributed by atoms with Crippen molar-refractivity contribution >= 4 is 11.6 Å². The first-order valence-electron chi connectivity index (χ1n) is 5.83. The second kappa shape index (κ2) is 3.62. The van der Waals surface area contributed by atoms with Crippen molar-refractivity contribution in [3.8, 4) is 0 Å². The molecule has 16 heavy (non-hydrogen) atoms. The van der Waals surface area contributed by atoms with E-state index in [0.717, 1.165) is 12.1 Å². The molecule has 0 aromatic heterocycles. The number of carbonyl (C=O) groups excluding carboxylic acids is 1. The van der Waals surface area contributed by atoms with Gasteiger partial charge in [0.15, 0.2) is 0 Å². The van der Waals surface area contributed by atoms with Crippen molar-refractivity contribution < 1.29 is 4.79 Å². The minimum absolute atomic E-state index is 0.213. The van der Waals surface area contributed by atoms with E-state index in [2.05, 4.69) is 13.0 Å². The van der Waals surface area contributed by atoms with Gasteiger partial charge in [0, 0.05) is 17.1 Å². The van der Waals surface area contributed by atoms with E-state index in [0.29, 0.717) is 0 Å². The summed E-state index contributed by atoms with van der Waals surface area (Å²) in [5.41, 5.74) is 2.06. The van der Waals surface area contributed by atoms with Crippen LogP contribution in [0.15, 0.2) is 24.3 Å². The molecule has 1 atom stereocenters. The fourth-order valence-corrected chi connectivity index (χ4v) is 2.24. The van der Waals surface area contributed by atoms with Gasteiger partial charge in [-0.15, -0.1) is 0 Å². The van der Waals surface area contributed by atoms with Crippen molar-refractivity contribution in [2.75, 3.05) is 4.90 Å². The predicted octanol–water partition coefficient (Wildman–Crippen LogP) is 3.01. The predicted molar refractivity (Wildman–Crippen MR) is 66.5 cm³/mol. The summed E-state index contributed by atoms with van der Waals surface area (Å²) in [5, 5.41) is 0. The molecule has 1 amide bonds. The Labute approximate surface area is 97.3 Å². The molecule has 0 saturated heterocycles. The minimum Gasteiger partial charge on any atom is -0.309 e. The standard InChI is InChI=1S/C14H19NO/c1-10-9-11-7-5-6-8-12(11)15(10)13(16)14(2,3)4/h5-8,10H,9H2,1-4H3/t10-/m1/s1. The summed E-state index contributed by atoms with van der Waals surface area (Å²) in [6.07, 6.45) is 0.970. The Morgan fingerprint density at radius 2 is 1.94 bits per heavy atom. The average Bonchev–Trinajstić information content (AvgIpc) is 2.51. The van der Waals surface area contributed by atoms with E-state index in [9.17, 15) is 4.79 Å². The normalized spacial score (nSPS) is 19.8. The van der Waals surface area contributed by atoms with Crippen LogP contribution < -0.4 is 4.90 Å². The molecule has 0 radical (unpaired) electrons. The lowest BCUT2D eigenvalue weighted by molar-refractivity contribution is -0.126. The second-order valence-corrected chi connectivity index (χ2v) is 5.61. The lowest BCUT2D eigenvalue weighted by Gasteiger charge is -2.29. The molecular weight excluding hydrogens is 198 g/mol. The molecule has 2 rings (SSSR count). The van der Waals surface area contributed by atoms with Gasteiger partial charge in [0.1, 0.15) is 0 Å². The smallest absolute Gasteiger partial charge is 0.232 e. The summed E-state index contributed by atoms with van der Waals surface area (Å²) in [4.78, 5) is 14.3. The number of anilines is 1. The largest absolute Gasteiger partial charge is 0.309 e. The molecule has 0 bridgehead atoms. The van der Waals surface area contributed by atoms with Crippen LogP contribution >= 0.6 is 0 Å². The Morgan fingerprint density at radius 1 is 1.31 bits per heavy atom. The van der Waals surface area contributed by atoms with Crippen molar-refractivity contribution in [2.24, 2.45) is 5.41 Å². The van der Waals surface area contributed by atoms with Crippen LogP contribution in [0.3, 0.4) is 0 Å². The first-order chi connectivity index (χ1) is 7.41. The van der Waals surface area contributed by atoms with Gasteiger partial charge in [-0.3, -0.25) is 4.79 Å². The van der Waals surface area contributed by atoms with Crippen molar-refractivity contribution in [3.63, 3.8) is 0 Å².